The highest BCUT2D eigenvalue weighted by molar-refractivity contribution is 7.89. The van der Waals surface area contributed by atoms with Crippen molar-refractivity contribution in [1.29, 1.82) is 0 Å². The van der Waals surface area contributed by atoms with Gasteiger partial charge < -0.3 is 16.0 Å². The van der Waals surface area contributed by atoms with Crippen molar-refractivity contribution in [2.24, 2.45) is 11.1 Å². The van der Waals surface area contributed by atoms with Gasteiger partial charge in [0.1, 0.15) is 0 Å². The van der Waals surface area contributed by atoms with Gasteiger partial charge in [0.15, 0.2) is 0 Å². The number of carbonyl (C=O) groups excluding carboxylic acids is 1. The molecular weight excluding hydrogens is 411 g/mol. The summed E-state index contributed by atoms with van der Waals surface area (Å²) in [7, 11) is -1.60. The first kappa shape index (κ1) is 26.1. The lowest BCUT2D eigenvalue weighted by atomic mass is 9.87. The van der Waals surface area contributed by atoms with Crippen LogP contribution in [0.1, 0.15) is 20.8 Å². The van der Waals surface area contributed by atoms with Gasteiger partial charge in [-0.3, -0.25) is 4.79 Å². The molecule has 7 nitrogen and oxygen atoms in total. The van der Waals surface area contributed by atoms with Crippen molar-refractivity contribution in [2.75, 3.05) is 38.5 Å². The van der Waals surface area contributed by atoms with Gasteiger partial charge in [0.2, 0.25) is 15.9 Å². The first-order chi connectivity index (χ1) is 11.5. The number of amides is 1. The number of sulfonamides is 1. The molecule has 1 aliphatic heterocycles. The van der Waals surface area contributed by atoms with E-state index in [1.165, 1.54) is 10.4 Å². The Bertz CT molecular complexity index is 730. The molecule has 1 saturated heterocycles. The van der Waals surface area contributed by atoms with Crippen LogP contribution in [0.25, 0.3) is 0 Å². The van der Waals surface area contributed by atoms with E-state index in [0.29, 0.717) is 31.9 Å². The number of rotatable bonds is 4. The third-order valence-electron chi connectivity index (χ3n) is 4.42. The van der Waals surface area contributed by atoms with Crippen LogP contribution in [0.15, 0.2) is 29.2 Å². The molecule has 1 aromatic rings. The van der Waals surface area contributed by atoms with Gasteiger partial charge in [-0.25, -0.2) is 8.42 Å². The summed E-state index contributed by atoms with van der Waals surface area (Å²) >= 11 is 0. The molecule has 0 spiro atoms. The minimum atomic E-state index is -3.57. The van der Waals surface area contributed by atoms with Gasteiger partial charge in [0.25, 0.3) is 0 Å². The van der Waals surface area contributed by atoms with E-state index >= 15 is 0 Å². The summed E-state index contributed by atoms with van der Waals surface area (Å²) < 4.78 is 27.1. The zero-order chi connectivity index (χ0) is 18.8. The van der Waals surface area contributed by atoms with Crippen LogP contribution < -0.4 is 11.1 Å². The Hall–Kier alpha value is -0.900. The molecule has 27 heavy (non-hydrogen) atoms. The smallest absolute Gasteiger partial charge is 0.243 e. The molecule has 1 heterocycles. The quantitative estimate of drug-likeness (QED) is 0.743. The molecular formula is C17H30Cl2N4O3S. The van der Waals surface area contributed by atoms with Crippen LogP contribution in [0.3, 0.4) is 0 Å². The third-order valence-corrected chi connectivity index (χ3v) is 6.31. The van der Waals surface area contributed by atoms with Crippen molar-refractivity contribution >= 4 is 46.4 Å². The van der Waals surface area contributed by atoms with Crippen LogP contribution >= 0.6 is 24.8 Å². The molecule has 1 atom stereocenters. The maximum absolute atomic E-state index is 12.8. The molecule has 1 aliphatic rings. The Labute approximate surface area is 174 Å². The number of carbonyl (C=O) groups is 1. The normalized spacial score (nSPS) is 17.4. The zero-order valence-corrected chi connectivity index (χ0v) is 18.6. The lowest BCUT2D eigenvalue weighted by Crippen LogP contribution is -2.47. The Morgan fingerprint density at radius 3 is 2.22 bits per heavy atom. The van der Waals surface area contributed by atoms with Crippen molar-refractivity contribution < 1.29 is 13.2 Å². The lowest BCUT2D eigenvalue weighted by molar-refractivity contribution is -0.119. The minimum Gasteiger partial charge on any atom is -0.325 e. The molecule has 1 amide bonds. The van der Waals surface area contributed by atoms with Gasteiger partial charge in [-0.15, -0.1) is 24.8 Å². The van der Waals surface area contributed by atoms with E-state index < -0.39 is 16.1 Å². The molecule has 1 fully saturated rings. The summed E-state index contributed by atoms with van der Waals surface area (Å²) in [4.78, 5) is 14.5. The second kappa shape index (κ2) is 10.0. The lowest BCUT2D eigenvalue weighted by Gasteiger charge is -2.31. The van der Waals surface area contributed by atoms with Crippen LogP contribution in [0, 0.1) is 5.41 Å². The average Bonchev–Trinajstić information content (AvgIpc) is 2.54. The van der Waals surface area contributed by atoms with Crippen molar-refractivity contribution in [2.45, 2.75) is 31.7 Å². The first-order valence-electron chi connectivity index (χ1n) is 8.37. The SMILES string of the molecule is CN1CCN(S(=O)(=O)c2cccc(NC(=O)[C@@H](N)C(C)(C)C)c2)CC1.Cl.Cl. The van der Waals surface area contributed by atoms with Crippen LogP contribution in [0.4, 0.5) is 5.69 Å². The number of nitrogens with two attached hydrogens (primary N) is 1. The van der Waals surface area contributed by atoms with Gasteiger partial charge in [0, 0.05) is 31.9 Å². The van der Waals surface area contributed by atoms with Gasteiger partial charge >= 0.3 is 0 Å². The number of nitrogens with one attached hydrogen (secondary N) is 1. The number of nitrogens with zero attached hydrogens (tertiary/aromatic N) is 2. The summed E-state index contributed by atoms with van der Waals surface area (Å²) in [6.45, 7) is 7.98. The van der Waals surface area contributed by atoms with E-state index in [9.17, 15) is 13.2 Å². The topological polar surface area (TPSA) is 95.7 Å². The Morgan fingerprint density at radius 2 is 1.70 bits per heavy atom. The predicted octanol–water partition coefficient (Wildman–Crippen LogP) is 1.78. The van der Waals surface area contributed by atoms with Gasteiger partial charge in [-0.1, -0.05) is 26.8 Å². The Balaban J connectivity index is 0.00000338. The molecule has 3 N–H and O–H groups in total. The van der Waals surface area contributed by atoms with E-state index in [2.05, 4.69) is 10.2 Å². The van der Waals surface area contributed by atoms with Crippen molar-refractivity contribution in [1.82, 2.24) is 9.21 Å². The highest BCUT2D eigenvalue weighted by atomic mass is 35.5. The predicted molar refractivity (Wildman–Crippen MR) is 113 cm³/mol. The maximum atomic E-state index is 12.8. The second-order valence-corrected chi connectivity index (χ2v) is 9.51. The molecule has 0 bridgehead atoms. The number of anilines is 1. The van der Waals surface area contributed by atoms with Crippen LogP contribution in [-0.4, -0.2) is 62.8 Å². The molecule has 0 saturated carbocycles. The van der Waals surface area contributed by atoms with E-state index in [1.54, 1.807) is 18.2 Å². The molecule has 1 aromatic carbocycles. The largest absolute Gasteiger partial charge is 0.325 e. The van der Waals surface area contributed by atoms with Crippen LogP contribution in [-0.2, 0) is 14.8 Å². The fraction of sp³-hybridized carbons (Fsp3) is 0.588. The molecule has 0 radical (unpaired) electrons. The summed E-state index contributed by atoms with van der Waals surface area (Å²) in [5, 5.41) is 2.72. The fourth-order valence-corrected chi connectivity index (χ4v) is 3.99. The van der Waals surface area contributed by atoms with E-state index in [4.69, 9.17) is 5.73 Å². The van der Waals surface area contributed by atoms with E-state index in [0.717, 1.165) is 0 Å². The van der Waals surface area contributed by atoms with Gasteiger partial charge in [-0.2, -0.15) is 4.31 Å². The monoisotopic (exact) mass is 440 g/mol. The number of halogens is 2. The van der Waals surface area contributed by atoms with Crippen LogP contribution in [0.5, 0.6) is 0 Å². The molecule has 2 rings (SSSR count). The summed E-state index contributed by atoms with van der Waals surface area (Å²) in [6, 6.07) is 5.64. The number of likely N-dealkylation sites (N-methyl/N-ethyl adjacent to an activating group) is 1. The average molecular weight is 441 g/mol. The molecule has 0 unspecified atom stereocenters. The number of piperazine rings is 1. The molecule has 0 aromatic heterocycles. The zero-order valence-electron chi connectivity index (χ0n) is 16.1. The molecule has 10 heteroatoms. The number of benzene rings is 1. The molecule has 0 aliphatic carbocycles. The Morgan fingerprint density at radius 1 is 1.15 bits per heavy atom. The number of hydrogen-bond acceptors (Lipinski definition) is 5. The first-order valence-corrected chi connectivity index (χ1v) is 9.81. The Kier molecular flexibility index (Phi) is 9.71. The highest BCUT2D eigenvalue weighted by Gasteiger charge is 2.29. The standard InChI is InChI=1S/C17H28N4O3S.2ClH/c1-17(2,3)15(18)16(22)19-13-6-5-7-14(12-13)25(23,24)21-10-8-20(4)9-11-21;;/h5-7,12,15H,8-11,18H2,1-4H3,(H,19,22);2*1H/t15-;;/m1../s1. The maximum Gasteiger partial charge on any atom is 0.243 e. The summed E-state index contributed by atoms with van der Waals surface area (Å²) in [5.74, 6) is -0.332. The van der Waals surface area contributed by atoms with E-state index in [1.807, 2.05) is 27.8 Å². The third kappa shape index (κ3) is 6.58. The van der Waals surface area contributed by atoms with Crippen molar-refractivity contribution in [3.63, 3.8) is 0 Å². The van der Waals surface area contributed by atoms with Gasteiger partial charge in [0.05, 0.1) is 10.9 Å². The summed E-state index contributed by atoms with van der Waals surface area (Å²) in [6.07, 6.45) is 0. The van der Waals surface area contributed by atoms with Gasteiger partial charge in [-0.05, 0) is 30.7 Å². The van der Waals surface area contributed by atoms with Crippen molar-refractivity contribution in [3.8, 4) is 0 Å². The van der Waals surface area contributed by atoms with E-state index in [-0.39, 0.29) is 41.0 Å². The minimum absolute atomic E-state index is 0. The second-order valence-electron chi connectivity index (χ2n) is 7.57. The van der Waals surface area contributed by atoms with Crippen LogP contribution in [0.2, 0.25) is 0 Å². The highest BCUT2D eigenvalue weighted by Crippen LogP contribution is 2.22. The summed E-state index contributed by atoms with van der Waals surface area (Å²) in [5.41, 5.74) is 6.00. The number of hydrogen-bond donors (Lipinski definition) is 2. The fourth-order valence-electron chi connectivity index (χ4n) is 2.53. The molecule has 156 valence electrons. The van der Waals surface area contributed by atoms with Crippen molar-refractivity contribution in [3.05, 3.63) is 24.3 Å².